The number of amides is 1. The second-order valence-corrected chi connectivity index (χ2v) is 9.64. The van der Waals surface area contributed by atoms with Crippen molar-refractivity contribution in [2.45, 2.75) is 37.8 Å². The summed E-state index contributed by atoms with van der Waals surface area (Å²) in [5.74, 6) is -0.284. The summed E-state index contributed by atoms with van der Waals surface area (Å²) in [6.07, 6.45) is 0.311. The molecule has 0 aliphatic rings. The van der Waals surface area contributed by atoms with Crippen LogP contribution < -0.4 is 20.5 Å². The van der Waals surface area contributed by atoms with Gasteiger partial charge in [0, 0.05) is 19.7 Å². The molecule has 0 aliphatic carbocycles. The van der Waals surface area contributed by atoms with E-state index in [2.05, 4.69) is 10.0 Å². The molecule has 1 amide bonds. The van der Waals surface area contributed by atoms with Gasteiger partial charge in [-0.25, -0.2) is 13.2 Å². The molecule has 3 aromatic rings. The molecular formula is C22H27N3O6S. The zero-order chi connectivity index (χ0) is 23.5. The van der Waals surface area contributed by atoms with E-state index in [4.69, 9.17) is 9.15 Å². The average Bonchev–Trinajstić information content (AvgIpc) is 3.04. The zero-order valence-corrected chi connectivity index (χ0v) is 19.2. The summed E-state index contributed by atoms with van der Waals surface area (Å²) in [4.78, 5) is 24.4. The van der Waals surface area contributed by atoms with Crippen LogP contribution in [0, 0.1) is 5.92 Å². The first-order chi connectivity index (χ1) is 15.1. The van der Waals surface area contributed by atoms with Crippen molar-refractivity contribution in [3.63, 3.8) is 0 Å². The van der Waals surface area contributed by atoms with E-state index in [1.807, 2.05) is 26.0 Å². The van der Waals surface area contributed by atoms with Crippen molar-refractivity contribution >= 4 is 27.0 Å². The molecule has 0 saturated carbocycles. The molecule has 0 saturated heterocycles. The molecule has 9 nitrogen and oxygen atoms in total. The molecule has 0 spiro atoms. The number of hydrogen-bond acceptors (Lipinski definition) is 6. The normalized spacial score (nSPS) is 12.8. The monoisotopic (exact) mass is 461 g/mol. The largest absolute Gasteiger partial charge is 0.497 e. The number of rotatable bonds is 9. The lowest BCUT2D eigenvalue weighted by Gasteiger charge is -2.20. The lowest BCUT2D eigenvalue weighted by atomic mass is 10.0. The molecule has 1 atom stereocenters. The Bertz CT molecular complexity index is 1280. The number of carbonyl (C=O) groups is 1. The van der Waals surface area contributed by atoms with Crippen LogP contribution in [0.2, 0.25) is 0 Å². The predicted octanol–water partition coefficient (Wildman–Crippen LogP) is 2.15. The third kappa shape index (κ3) is 5.38. The molecule has 0 unspecified atom stereocenters. The Balaban J connectivity index is 1.78. The molecule has 2 aromatic carbocycles. The number of sulfonamides is 1. The number of benzene rings is 2. The van der Waals surface area contributed by atoms with Crippen molar-refractivity contribution in [3.05, 3.63) is 58.6 Å². The van der Waals surface area contributed by atoms with Crippen molar-refractivity contribution < 1.29 is 22.4 Å². The highest BCUT2D eigenvalue weighted by Crippen LogP contribution is 2.19. The molecule has 0 bridgehead atoms. The van der Waals surface area contributed by atoms with Gasteiger partial charge in [-0.1, -0.05) is 26.0 Å². The molecule has 1 aromatic heterocycles. The summed E-state index contributed by atoms with van der Waals surface area (Å²) >= 11 is 0. The minimum absolute atomic E-state index is 0.0693. The van der Waals surface area contributed by atoms with E-state index in [9.17, 15) is 18.0 Å². The van der Waals surface area contributed by atoms with Gasteiger partial charge in [0.15, 0.2) is 5.58 Å². The number of ether oxygens (including phenoxy) is 1. The maximum Gasteiger partial charge on any atom is 0.419 e. The average molecular weight is 462 g/mol. The Kier molecular flexibility index (Phi) is 7.05. The molecule has 172 valence electrons. The van der Waals surface area contributed by atoms with Gasteiger partial charge in [0.2, 0.25) is 15.9 Å². The van der Waals surface area contributed by atoms with E-state index in [-0.39, 0.29) is 22.9 Å². The van der Waals surface area contributed by atoms with Crippen LogP contribution in [-0.2, 0) is 28.4 Å². The van der Waals surface area contributed by atoms with Crippen LogP contribution in [0.4, 0.5) is 0 Å². The summed E-state index contributed by atoms with van der Waals surface area (Å²) < 4.78 is 40.0. The first kappa shape index (κ1) is 23.6. The highest BCUT2D eigenvalue weighted by atomic mass is 32.2. The van der Waals surface area contributed by atoms with E-state index < -0.39 is 27.7 Å². The van der Waals surface area contributed by atoms with Gasteiger partial charge in [-0.2, -0.15) is 4.72 Å². The number of nitrogens with one attached hydrogen (secondary N) is 2. The molecule has 32 heavy (non-hydrogen) atoms. The summed E-state index contributed by atoms with van der Waals surface area (Å²) in [7, 11) is -0.949. The smallest absolute Gasteiger partial charge is 0.419 e. The highest BCUT2D eigenvalue weighted by molar-refractivity contribution is 7.89. The maximum absolute atomic E-state index is 13.0. The summed E-state index contributed by atoms with van der Waals surface area (Å²) in [6.45, 7) is 4.04. The topological polar surface area (TPSA) is 120 Å². The molecular weight excluding hydrogens is 434 g/mol. The van der Waals surface area contributed by atoms with Gasteiger partial charge < -0.3 is 14.5 Å². The second-order valence-electron chi connectivity index (χ2n) is 7.93. The van der Waals surface area contributed by atoms with E-state index in [1.54, 1.807) is 19.2 Å². The third-order valence-corrected chi connectivity index (χ3v) is 6.47. The van der Waals surface area contributed by atoms with E-state index >= 15 is 0 Å². The third-order valence-electron chi connectivity index (χ3n) is 5.00. The van der Waals surface area contributed by atoms with Crippen molar-refractivity contribution in [3.8, 4) is 5.75 Å². The number of methoxy groups -OCH3 is 1. The van der Waals surface area contributed by atoms with Gasteiger partial charge in [-0.3, -0.25) is 9.36 Å². The first-order valence-corrected chi connectivity index (χ1v) is 11.6. The molecule has 2 N–H and O–H groups in total. The predicted molar refractivity (Wildman–Crippen MR) is 120 cm³/mol. The number of nitrogens with zero attached hydrogens (tertiary/aromatic N) is 1. The number of hydrogen-bond donors (Lipinski definition) is 2. The lowest BCUT2D eigenvalue weighted by Crippen LogP contribution is -2.47. The highest BCUT2D eigenvalue weighted by Gasteiger charge is 2.27. The summed E-state index contributed by atoms with van der Waals surface area (Å²) in [5, 5.41) is 2.79. The quantitative estimate of drug-likeness (QED) is 0.504. The standard InChI is InChI=1S/C22H27N3O6S/c1-14(2)10-18(21(26)23-13-15-6-5-7-16(11-15)30-4)24-32(28,29)17-8-9-19-20(12-17)31-22(27)25(19)3/h5-9,11-12,14,18,24H,10,13H2,1-4H3,(H,23,26)/t18-/m1/s1. The van der Waals surface area contributed by atoms with E-state index in [0.717, 1.165) is 5.56 Å². The van der Waals surface area contributed by atoms with Gasteiger partial charge in [0.05, 0.1) is 17.5 Å². The number of carbonyl (C=O) groups excluding carboxylic acids is 1. The van der Waals surface area contributed by atoms with Gasteiger partial charge in [0.25, 0.3) is 0 Å². The molecule has 0 fully saturated rings. The number of fused-ring (bicyclic) bond motifs is 1. The van der Waals surface area contributed by atoms with Gasteiger partial charge in [0.1, 0.15) is 11.8 Å². The Morgan fingerprint density at radius 1 is 1.19 bits per heavy atom. The van der Waals surface area contributed by atoms with Crippen LogP contribution in [0.25, 0.3) is 11.1 Å². The van der Waals surface area contributed by atoms with Gasteiger partial charge in [-0.15, -0.1) is 0 Å². The minimum Gasteiger partial charge on any atom is -0.497 e. The summed E-state index contributed by atoms with van der Waals surface area (Å²) in [6, 6.07) is 10.4. The Hall–Kier alpha value is -3.11. The van der Waals surface area contributed by atoms with Crippen molar-refractivity contribution in [1.82, 2.24) is 14.6 Å². The van der Waals surface area contributed by atoms with Crippen molar-refractivity contribution in [1.29, 1.82) is 0 Å². The number of aryl methyl sites for hydroxylation is 1. The fourth-order valence-corrected chi connectivity index (χ4v) is 4.53. The van der Waals surface area contributed by atoms with E-state index in [0.29, 0.717) is 17.7 Å². The van der Waals surface area contributed by atoms with Crippen LogP contribution in [0.3, 0.4) is 0 Å². The SMILES string of the molecule is COc1cccc(CNC(=O)[C@@H](CC(C)C)NS(=O)(=O)c2ccc3c(c2)oc(=O)n3C)c1. The van der Waals surface area contributed by atoms with Crippen LogP contribution in [-0.4, -0.2) is 32.0 Å². The maximum atomic E-state index is 13.0. The first-order valence-electron chi connectivity index (χ1n) is 10.1. The number of oxazole rings is 1. The zero-order valence-electron chi connectivity index (χ0n) is 18.4. The fourth-order valence-electron chi connectivity index (χ4n) is 3.31. The van der Waals surface area contributed by atoms with Crippen LogP contribution in [0.1, 0.15) is 25.8 Å². The van der Waals surface area contributed by atoms with Crippen LogP contribution in [0.15, 0.2) is 56.6 Å². The van der Waals surface area contributed by atoms with Gasteiger partial charge >= 0.3 is 5.76 Å². The van der Waals surface area contributed by atoms with E-state index in [1.165, 1.54) is 29.8 Å². The molecule has 3 rings (SSSR count). The molecule has 0 radical (unpaired) electrons. The Labute approximate surface area is 186 Å². The molecule has 1 heterocycles. The summed E-state index contributed by atoms with van der Waals surface area (Å²) in [5.41, 5.74) is 1.46. The van der Waals surface area contributed by atoms with Crippen LogP contribution in [0.5, 0.6) is 5.75 Å². The second kappa shape index (κ2) is 9.58. The minimum atomic E-state index is -4.04. The Morgan fingerprint density at radius 3 is 2.62 bits per heavy atom. The van der Waals surface area contributed by atoms with Crippen molar-refractivity contribution in [2.75, 3.05) is 7.11 Å². The fraction of sp³-hybridized carbons (Fsp3) is 0.364. The van der Waals surface area contributed by atoms with Crippen molar-refractivity contribution in [2.24, 2.45) is 13.0 Å². The van der Waals surface area contributed by atoms with Gasteiger partial charge in [-0.05, 0) is 42.2 Å². The molecule has 10 heteroatoms. The molecule has 0 aliphatic heterocycles. The Morgan fingerprint density at radius 2 is 1.94 bits per heavy atom. The van der Waals surface area contributed by atoms with Crippen LogP contribution >= 0.6 is 0 Å². The number of aromatic nitrogens is 1. The lowest BCUT2D eigenvalue weighted by molar-refractivity contribution is -0.123.